The van der Waals surface area contributed by atoms with E-state index in [1.165, 1.54) is 0 Å². The van der Waals surface area contributed by atoms with Gasteiger partial charge >= 0.3 is 0 Å². The van der Waals surface area contributed by atoms with E-state index in [0.717, 1.165) is 17.7 Å². The molecule has 7 nitrogen and oxygen atoms in total. The summed E-state index contributed by atoms with van der Waals surface area (Å²) in [6, 6.07) is 7.99. The number of hydrogen-bond donors (Lipinski definition) is 4. The highest BCUT2D eigenvalue weighted by Gasteiger charge is 2.19. The molecule has 0 saturated heterocycles. The van der Waals surface area contributed by atoms with Crippen molar-refractivity contribution in [3.8, 4) is 0 Å². The van der Waals surface area contributed by atoms with Crippen LogP contribution in [-0.2, 0) is 6.42 Å². The van der Waals surface area contributed by atoms with Crippen molar-refractivity contribution in [1.29, 1.82) is 0 Å². The minimum absolute atomic E-state index is 0.180. The number of amides is 1. The largest absolute Gasteiger partial charge is 0.347 e. The molecule has 2 heterocycles. The summed E-state index contributed by atoms with van der Waals surface area (Å²) in [7, 11) is 0. The number of aromatic nitrogens is 3. The van der Waals surface area contributed by atoms with Crippen LogP contribution in [0.25, 0.3) is 11.2 Å². The summed E-state index contributed by atoms with van der Waals surface area (Å²) in [6.45, 7) is 6.41. The monoisotopic (exact) mass is 352 g/mol. The molecule has 0 saturated carbocycles. The topological polar surface area (TPSA) is 109 Å². The maximum absolute atomic E-state index is 12.5. The summed E-state index contributed by atoms with van der Waals surface area (Å²) < 4.78 is 0. The molecule has 1 aromatic carbocycles. The minimum atomic E-state index is -0.326. The molecule has 1 amide bonds. The van der Waals surface area contributed by atoms with Gasteiger partial charge in [-0.1, -0.05) is 12.1 Å². The Morgan fingerprint density at radius 3 is 2.85 bits per heavy atom. The van der Waals surface area contributed by atoms with Crippen LogP contribution in [0.4, 0.5) is 11.5 Å². The van der Waals surface area contributed by atoms with Crippen molar-refractivity contribution in [3.05, 3.63) is 47.8 Å². The number of carbonyl (C=O) groups excluding carboxylic acids is 1. The number of benzene rings is 1. The normalized spacial score (nSPS) is 11.5. The molecule has 5 N–H and O–H groups in total. The van der Waals surface area contributed by atoms with E-state index in [1.54, 1.807) is 12.4 Å². The SMILES string of the molecule is CC(C)(C)NC(=O)c1c[nH]c2ncc(Nc3cccc(CCN)c3)nc12. The maximum Gasteiger partial charge on any atom is 0.255 e. The Hall–Kier alpha value is -2.93. The average molecular weight is 352 g/mol. The molecule has 0 unspecified atom stereocenters. The Morgan fingerprint density at radius 2 is 2.12 bits per heavy atom. The van der Waals surface area contributed by atoms with Gasteiger partial charge in [0.05, 0.1) is 11.8 Å². The van der Waals surface area contributed by atoms with E-state index < -0.39 is 0 Å². The number of aromatic amines is 1. The molecule has 0 atom stereocenters. The quantitative estimate of drug-likeness (QED) is 0.564. The second kappa shape index (κ2) is 7.13. The van der Waals surface area contributed by atoms with Gasteiger partial charge < -0.3 is 21.4 Å². The zero-order valence-corrected chi connectivity index (χ0v) is 15.3. The molecule has 0 aliphatic carbocycles. The second-order valence-corrected chi connectivity index (χ2v) is 7.22. The number of H-pyrrole nitrogens is 1. The van der Waals surface area contributed by atoms with Gasteiger partial charge in [0.25, 0.3) is 5.91 Å². The molecule has 26 heavy (non-hydrogen) atoms. The maximum atomic E-state index is 12.5. The first-order chi connectivity index (χ1) is 12.4. The van der Waals surface area contributed by atoms with Crippen LogP contribution in [-0.4, -0.2) is 32.9 Å². The van der Waals surface area contributed by atoms with Crippen LogP contribution >= 0.6 is 0 Å². The van der Waals surface area contributed by atoms with Crippen LogP contribution < -0.4 is 16.4 Å². The Bertz CT molecular complexity index is 925. The van der Waals surface area contributed by atoms with E-state index in [1.807, 2.05) is 45.0 Å². The van der Waals surface area contributed by atoms with Crippen molar-refractivity contribution in [2.24, 2.45) is 5.73 Å². The lowest BCUT2D eigenvalue weighted by Crippen LogP contribution is -2.40. The summed E-state index contributed by atoms with van der Waals surface area (Å²) in [6.07, 6.45) is 4.09. The lowest BCUT2D eigenvalue weighted by molar-refractivity contribution is 0.0921. The van der Waals surface area contributed by atoms with Crippen LogP contribution in [0.5, 0.6) is 0 Å². The lowest BCUT2D eigenvalue weighted by atomic mass is 10.1. The Labute approximate surface area is 152 Å². The van der Waals surface area contributed by atoms with Crippen LogP contribution in [0.3, 0.4) is 0 Å². The number of anilines is 2. The molecule has 0 aliphatic heterocycles. The van der Waals surface area contributed by atoms with Crippen LogP contribution in [0.2, 0.25) is 0 Å². The molecule has 0 fully saturated rings. The average Bonchev–Trinajstić information content (AvgIpc) is 2.97. The highest BCUT2D eigenvalue weighted by atomic mass is 16.1. The molecule has 0 bridgehead atoms. The van der Waals surface area contributed by atoms with Crippen molar-refractivity contribution in [3.63, 3.8) is 0 Å². The molecule has 0 radical (unpaired) electrons. The number of rotatable bonds is 5. The molecular formula is C19H24N6O. The van der Waals surface area contributed by atoms with Crippen molar-refractivity contribution in [2.45, 2.75) is 32.7 Å². The fourth-order valence-corrected chi connectivity index (χ4v) is 2.65. The third-order valence-electron chi connectivity index (χ3n) is 3.75. The minimum Gasteiger partial charge on any atom is -0.347 e. The summed E-state index contributed by atoms with van der Waals surface area (Å²) in [4.78, 5) is 24.4. The summed E-state index contributed by atoms with van der Waals surface area (Å²) >= 11 is 0. The van der Waals surface area contributed by atoms with Gasteiger partial charge in [-0.2, -0.15) is 0 Å². The van der Waals surface area contributed by atoms with Crippen LogP contribution in [0, 0.1) is 0 Å². The van der Waals surface area contributed by atoms with Crippen molar-refractivity contribution in [2.75, 3.05) is 11.9 Å². The van der Waals surface area contributed by atoms with Gasteiger partial charge in [0.2, 0.25) is 0 Å². The molecule has 0 spiro atoms. The number of hydrogen-bond acceptors (Lipinski definition) is 5. The zero-order chi connectivity index (χ0) is 18.7. The lowest BCUT2D eigenvalue weighted by Gasteiger charge is -2.20. The van der Waals surface area contributed by atoms with Gasteiger partial charge in [0.15, 0.2) is 5.65 Å². The number of nitrogens with one attached hydrogen (secondary N) is 3. The predicted octanol–water partition coefficient (Wildman–Crippen LogP) is 2.73. The van der Waals surface area contributed by atoms with Gasteiger partial charge in [-0.15, -0.1) is 0 Å². The number of nitrogens with two attached hydrogens (primary N) is 1. The van der Waals surface area contributed by atoms with E-state index in [0.29, 0.717) is 29.1 Å². The van der Waals surface area contributed by atoms with Gasteiger partial charge in [-0.05, 0) is 51.4 Å². The smallest absolute Gasteiger partial charge is 0.255 e. The fraction of sp³-hybridized carbons (Fsp3) is 0.316. The highest BCUT2D eigenvalue weighted by Crippen LogP contribution is 2.20. The summed E-state index contributed by atoms with van der Waals surface area (Å²) in [5, 5.41) is 6.18. The summed E-state index contributed by atoms with van der Waals surface area (Å²) in [5.41, 5.74) is 8.93. The highest BCUT2D eigenvalue weighted by molar-refractivity contribution is 6.04. The van der Waals surface area contributed by atoms with E-state index in [2.05, 4.69) is 25.6 Å². The predicted molar refractivity (Wildman–Crippen MR) is 104 cm³/mol. The zero-order valence-electron chi connectivity index (χ0n) is 15.3. The molecule has 0 aliphatic rings. The molecule has 3 rings (SSSR count). The third kappa shape index (κ3) is 4.18. The molecule has 136 valence electrons. The van der Waals surface area contributed by atoms with Gasteiger partial charge in [-0.25, -0.2) is 9.97 Å². The Morgan fingerprint density at radius 1 is 1.31 bits per heavy atom. The molecule has 3 aromatic rings. The van der Waals surface area contributed by atoms with E-state index in [4.69, 9.17) is 5.73 Å². The molecule has 7 heteroatoms. The first kappa shape index (κ1) is 17.9. The Balaban J connectivity index is 1.88. The van der Waals surface area contributed by atoms with E-state index in [9.17, 15) is 4.79 Å². The first-order valence-corrected chi connectivity index (χ1v) is 8.58. The van der Waals surface area contributed by atoms with Crippen molar-refractivity contribution < 1.29 is 4.79 Å². The van der Waals surface area contributed by atoms with E-state index >= 15 is 0 Å². The van der Waals surface area contributed by atoms with Crippen molar-refractivity contribution >= 4 is 28.6 Å². The number of nitrogens with zero attached hydrogens (tertiary/aromatic N) is 2. The third-order valence-corrected chi connectivity index (χ3v) is 3.75. The van der Waals surface area contributed by atoms with E-state index in [-0.39, 0.29) is 11.4 Å². The van der Waals surface area contributed by atoms with Crippen LogP contribution in [0.1, 0.15) is 36.7 Å². The molecule has 2 aromatic heterocycles. The van der Waals surface area contributed by atoms with Crippen LogP contribution in [0.15, 0.2) is 36.7 Å². The first-order valence-electron chi connectivity index (χ1n) is 8.58. The Kier molecular flexibility index (Phi) is 4.90. The van der Waals surface area contributed by atoms with Gasteiger partial charge in [0.1, 0.15) is 11.3 Å². The number of carbonyl (C=O) groups is 1. The second-order valence-electron chi connectivity index (χ2n) is 7.22. The fourth-order valence-electron chi connectivity index (χ4n) is 2.65. The molecular weight excluding hydrogens is 328 g/mol. The van der Waals surface area contributed by atoms with Gasteiger partial charge in [0, 0.05) is 17.4 Å². The standard InChI is InChI=1S/C19H24N6O/c1-19(2,3)25-18(26)14-10-21-17-16(14)24-15(11-22-17)23-13-6-4-5-12(9-13)7-8-20/h4-6,9-11H,7-8,20H2,1-3H3,(H,21,22)(H,23,24)(H,25,26). The van der Waals surface area contributed by atoms with Crippen molar-refractivity contribution in [1.82, 2.24) is 20.3 Å². The van der Waals surface area contributed by atoms with Gasteiger partial charge in [-0.3, -0.25) is 4.79 Å². The summed E-state index contributed by atoms with van der Waals surface area (Å²) in [5.74, 6) is 0.395. The number of fused-ring (bicyclic) bond motifs is 1.